The maximum atomic E-state index is 5.72. The van der Waals surface area contributed by atoms with E-state index in [1.165, 1.54) is 4.30 Å². The van der Waals surface area contributed by atoms with Crippen molar-refractivity contribution in [2.45, 2.75) is 36.5 Å². The molecule has 0 unspecified atom stereocenters. The van der Waals surface area contributed by atoms with Gasteiger partial charge in [0.15, 0.2) is 0 Å². The molecular weight excluding hydrogens is 283 g/mol. The Hall–Kier alpha value is 0.558. The molecule has 0 N–H and O–H groups in total. The topological polar surface area (TPSA) is 18.5 Å². The Labute approximate surface area is 107 Å². The van der Waals surface area contributed by atoms with Gasteiger partial charge in [-0.05, 0) is 0 Å². The SMILES string of the molecule is [CH3][Ge]([CH3])([CH3])/[C](=C/CCCCl)B1OCCCO1. The van der Waals surface area contributed by atoms with Crippen molar-refractivity contribution in [1.82, 2.24) is 0 Å². The molecule has 1 heterocycles. The van der Waals surface area contributed by atoms with Crippen LogP contribution in [-0.4, -0.2) is 39.5 Å². The van der Waals surface area contributed by atoms with Crippen molar-refractivity contribution in [2.75, 3.05) is 19.1 Å². The minimum absolute atomic E-state index is 0.0657. The molecular formula is C11H22BClGeO2. The first-order chi connectivity index (χ1) is 7.55. The zero-order valence-electron chi connectivity index (χ0n) is 10.6. The van der Waals surface area contributed by atoms with Crippen LogP contribution in [-0.2, 0) is 9.31 Å². The third-order valence-corrected chi connectivity index (χ3v) is 7.47. The van der Waals surface area contributed by atoms with Crippen molar-refractivity contribution < 1.29 is 9.31 Å². The van der Waals surface area contributed by atoms with Gasteiger partial charge < -0.3 is 0 Å². The maximum absolute atomic E-state index is 5.72. The second-order valence-corrected chi connectivity index (χ2v) is 16.2. The molecule has 0 saturated carbocycles. The third kappa shape index (κ3) is 4.82. The molecule has 1 saturated heterocycles. The number of alkyl halides is 1. The minimum atomic E-state index is -1.86. The van der Waals surface area contributed by atoms with Gasteiger partial charge >= 0.3 is 107 Å². The van der Waals surface area contributed by atoms with E-state index in [2.05, 4.69) is 23.3 Å². The average Bonchev–Trinajstić information content (AvgIpc) is 2.24. The Morgan fingerprint density at radius 1 is 1.31 bits per heavy atom. The summed E-state index contributed by atoms with van der Waals surface area (Å²) in [6.45, 7) is 1.66. The molecule has 1 aliphatic rings. The first-order valence-electron chi connectivity index (χ1n) is 6.05. The number of unbranched alkanes of at least 4 members (excludes halogenated alkanes) is 1. The van der Waals surface area contributed by atoms with E-state index in [-0.39, 0.29) is 7.12 Å². The van der Waals surface area contributed by atoms with Gasteiger partial charge in [0.25, 0.3) is 0 Å². The van der Waals surface area contributed by atoms with Gasteiger partial charge in [-0.25, -0.2) is 0 Å². The molecule has 92 valence electrons. The standard InChI is InChI=1S/C11H22BClGeO2/c1-14(2,3)11(7-4-5-8-13)12-15-9-6-10-16-12/h7H,4-6,8-10H2,1-3H3/b11-7+. The van der Waals surface area contributed by atoms with Gasteiger partial charge in [-0.2, -0.15) is 0 Å². The van der Waals surface area contributed by atoms with Crippen LogP contribution >= 0.6 is 11.6 Å². The van der Waals surface area contributed by atoms with Crippen molar-refractivity contribution in [2.24, 2.45) is 0 Å². The van der Waals surface area contributed by atoms with E-state index in [4.69, 9.17) is 20.9 Å². The number of rotatable bonds is 5. The molecule has 0 aromatic heterocycles. The monoisotopic (exact) mass is 306 g/mol. The van der Waals surface area contributed by atoms with E-state index in [0.717, 1.165) is 38.4 Å². The van der Waals surface area contributed by atoms with Gasteiger partial charge in [0.2, 0.25) is 0 Å². The molecule has 0 atom stereocenters. The van der Waals surface area contributed by atoms with Crippen LogP contribution in [0, 0.1) is 0 Å². The first-order valence-corrected chi connectivity index (χ1v) is 13.9. The molecule has 0 bridgehead atoms. The van der Waals surface area contributed by atoms with Crippen molar-refractivity contribution >= 4 is 32.0 Å². The van der Waals surface area contributed by atoms with E-state index >= 15 is 0 Å². The van der Waals surface area contributed by atoms with Crippen LogP contribution in [0.25, 0.3) is 0 Å². The molecule has 0 aliphatic carbocycles. The predicted octanol–water partition coefficient (Wildman–Crippen LogP) is 3.27. The van der Waals surface area contributed by atoms with Crippen LogP contribution in [0.4, 0.5) is 0 Å². The summed E-state index contributed by atoms with van der Waals surface area (Å²) in [7, 11) is -0.0657. The summed E-state index contributed by atoms with van der Waals surface area (Å²) in [5.74, 6) is 7.88. The molecule has 1 rings (SSSR count). The first kappa shape index (κ1) is 14.6. The van der Waals surface area contributed by atoms with Gasteiger partial charge in [0.05, 0.1) is 0 Å². The molecule has 0 spiro atoms. The molecule has 2 nitrogen and oxygen atoms in total. The number of halogens is 1. The van der Waals surface area contributed by atoms with E-state index in [0.29, 0.717) is 0 Å². The van der Waals surface area contributed by atoms with E-state index in [1.54, 1.807) is 0 Å². The predicted molar refractivity (Wildman–Crippen MR) is 73.7 cm³/mol. The Morgan fingerprint density at radius 3 is 2.44 bits per heavy atom. The average molecular weight is 305 g/mol. The number of hydrogen-bond donors (Lipinski definition) is 0. The second kappa shape index (κ2) is 7.09. The normalized spacial score (nSPS) is 19.0. The second-order valence-electron chi connectivity index (χ2n) is 5.17. The Kier molecular flexibility index (Phi) is 6.48. The summed E-state index contributed by atoms with van der Waals surface area (Å²) in [6, 6.07) is 0. The molecule has 0 amide bonds. The van der Waals surface area contributed by atoms with Crippen LogP contribution in [0.1, 0.15) is 19.3 Å². The van der Waals surface area contributed by atoms with Crippen molar-refractivity contribution in [3.8, 4) is 0 Å². The van der Waals surface area contributed by atoms with Crippen molar-refractivity contribution in [1.29, 1.82) is 0 Å². The summed E-state index contributed by atoms with van der Waals surface area (Å²) < 4.78 is 12.9. The van der Waals surface area contributed by atoms with Crippen LogP contribution in [0.3, 0.4) is 0 Å². The molecule has 5 heteroatoms. The van der Waals surface area contributed by atoms with Gasteiger partial charge in [0.1, 0.15) is 0 Å². The molecule has 0 radical (unpaired) electrons. The Bertz CT molecular complexity index is 235. The van der Waals surface area contributed by atoms with Crippen molar-refractivity contribution in [3.05, 3.63) is 10.4 Å². The van der Waals surface area contributed by atoms with Gasteiger partial charge in [0, 0.05) is 0 Å². The number of allylic oxidation sites excluding steroid dienone is 1. The van der Waals surface area contributed by atoms with Crippen LogP contribution < -0.4 is 0 Å². The Morgan fingerprint density at radius 2 is 1.94 bits per heavy atom. The quantitative estimate of drug-likeness (QED) is 0.441. The van der Waals surface area contributed by atoms with Gasteiger partial charge in [-0.3, -0.25) is 0 Å². The van der Waals surface area contributed by atoms with Crippen LogP contribution in [0.15, 0.2) is 10.4 Å². The number of hydrogen-bond acceptors (Lipinski definition) is 2. The fraction of sp³-hybridized carbons (Fsp3) is 0.818. The van der Waals surface area contributed by atoms with Crippen molar-refractivity contribution in [3.63, 3.8) is 0 Å². The molecule has 0 aromatic carbocycles. The van der Waals surface area contributed by atoms with Crippen LogP contribution in [0.2, 0.25) is 17.3 Å². The zero-order valence-corrected chi connectivity index (χ0v) is 13.4. The van der Waals surface area contributed by atoms with E-state index in [9.17, 15) is 0 Å². The Balaban J connectivity index is 2.66. The van der Waals surface area contributed by atoms with Gasteiger partial charge in [-0.15, -0.1) is 0 Å². The summed E-state index contributed by atoms with van der Waals surface area (Å²) in [5.41, 5.74) is 0. The summed E-state index contributed by atoms with van der Waals surface area (Å²) in [5, 5.41) is 0. The fourth-order valence-electron chi connectivity index (χ4n) is 1.76. The third-order valence-electron chi connectivity index (χ3n) is 2.65. The summed E-state index contributed by atoms with van der Waals surface area (Å²) >= 11 is 3.85. The molecule has 1 aliphatic heterocycles. The molecule has 1 fully saturated rings. The van der Waals surface area contributed by atoms with Gasteiger partial charge in [-0.1, -0.05) is 0 Å². The summed E-state index contributed by atoms with van der Waals surface area (Å²) in [4.78, 5) is 0. The van der Waals surface area contributed by atoms with E-state index in [1.807, 2.05) is 0 Å². The molecule has 0 aromatic rings. The molecule has 16 heavy (non-hydrogen) atoms. The summed E-state index contributed by atoms with van der Waals surface area (Å²) in [6.07, 6.45) is 5.42. The van der Waals surface area contributed by atoms with Crippen LogP contribution in [0.5, 0.6) is 0 Å². The zero-order chi connectivity index (χ0) is 12.0. The van der Waals surface area contributed by atoms with E-state index < -0.39 is 13.3 Å². The fourth-order valence-corrected chi connectivity index (χ4v) is 5.33.